The van der Waals surface area contributed by atoms with Gasteiger partial charge < -0.3 is 5.32 Å². The molecule has 106 valence electrons. The molecule has 0 atom stereocenters. The number of piperidine rings is 1. The van der Waals surface area contributed by atoms with Crippen molar-refractivity contribution in [2.75, 3.05) is 13.1 Å². The number of fused-ring (bicyclic) bond motifs is 1. The van der Waals surface area contributed by atoms with E-state index in [1.54, 1.807) is 16.7 Å². The fraction of sp³-hybridized carbons (Fsp3) is 0.500. The van der Waals surface area contributed by atoms with Gasteiger partial charge in [0.1, 0.15) is 5.65 Å². The van der Waals surface area contributed by atoms with Crippen molar-refractivity contribution in [3.05, 3.63) is 46.0 Å². The highest BCUT2D eigenvalue weighted by molar-refractivity contribution is 5.46. The molecule has 1 fully saturated rings. The van der Waals surface area contributed by atoms with Crippen LogP contribution in [0.5, 0.6) is 0 Å². The quantitative estimate of drug-likeness (QED) is 0.928. The van der Waals surface area contributed by atoms with Crippen LogP contribution >= 0.6 is 0 Å². The number of nitrogens with zero attached hydrogens (tertiary/aromatic N) is 2. The topological polar surface area (TPSA) is 46.4 Å². The molecule has 1 saturated heterocycles. The lowest BCUT2D eigenvalue weighted by Crippen LogP contribution is -2.28. The summed E-state index contributed by atoms with van der Waals surface area (Å²) in [6.07, 6.45) is 6.31. The molecule has 3 rings (SSSR count). The molecule has 0 saturated carbocycles. The Morgan fingerprint density at radius 1 is 1.40 bits per heavy atom. The Kier molecular flexibility index (Phi) is 3.83. The average Bonchev–Trinajstić information content (AvgIpc) is 2.47. The number of hydrogen-bond acceptors (Lipinski definition) is 3. The summed E-state index contributed by atoms with van der Waals surface area (Å²) < 4.78 is 1.63. The van der Waals surface area contributed by atoms with Gasteiger partial charge in [0.05, 0.1) is 0 Å². The van der Waals surface area contributed by atoms with Crippen LogP contribution in [0.4, 0.5) is 0 Å². The summed E-state index contributed by atoms with van der Waals surface area (Å²) in [5, 5.41) is 3.38. The van der Waals surface area contributed by atoms with Crippen LogP contribution in [0.25, 0.3) is 5.65 Å². The molecule has 4 heteroatoms. The predicted octanol–water partition coefficient (Wildman–Crippen LogP) is 1.94. The maximum Gasteiger partial charge on any atom is 0.258 e. The number of rotatable bonds is 3. The van der Waals surface area contributed by atoms with Crippen LogP contribution in [0.2, 0.25) is 0 Å². The van der Waals surface area contributed by atoms with E-state index in [2.05, 4.69) is 10.3 Å². The summed E-state index contributed by atoms with van der Waals surface area (Å²) in [5.41, 5.74) is 2.80. The number of aryl methyl sites for hydroxylation is 2. The van der Waals surface area contributed by atoms with E-state index in [1.165, 1.54) is 12.8 Å². The smallest absolute Gasteiger partial charge is 0.258 e. The average molecular weight is 271 g/mol. The maximum absolute atomic E-state index is 12.1. The maximum atomic E-state index is 12.1. The molecule has 0 aromatic carbocycles. The Hall–Kier alpha value is -1.68. The Morgan fingerprint density at radius 3 is 3.00 bits per heavy atom. The van der Waals surface area contributed by atoms with Crippen LogP contribution in [-0.2, 0) is 6.42 Å². The Balaban J connectivity index is 1.81. The largest absolute Gasteiger partial charge is 0.317 e. The van der Waals surface area contributed by atoms with E-state index in [0.717, 1.165) is 48.8 Å². The van der Waals surface area contributed by atoms with E-state index in [0.29, 0.717) is 0 Å². The standard InChI is InChI=1S/C16H21N3O/c1-12-3-2-10-19-15(20)11-14(18-16(12)19)5-4-13-6-8-17-9-7-13/h2-3,10-11,13,17H,4-9H2,1H3. The minimum atomic E-state index is 0.0269. The number of nitrogens with one attached hydrogen (secondary N) is 1. The van der Waals surface area contributed by atoms with Crippen LogP contribution < -0.4 is 10.9 Å². The summed E-state index contributed by atoms with van der Waals surface area (Å²) in [7, 11) is 0. The van der Waals surface area contributed by atoms with E-state index >= 15 is 0 Å². The fourth-order valence-corrected chi connectivity index (χ4v) is 2.96. The molecule has 20 heavy (non-hydrogen) atoms. The third-order valence-electron chi connectivity index (χ3n) is 4.21. The monoisotopic (exact) mass is 271 g/mol. The van der Waals surface area contributed by atoms with Gasteiger partial charge in [-0.2, -0.15) is 0 Å². The highest BCUT2D eigenvalue weighted by Gasteiger charge is 2.13. The molecule has 0 aliphatic carbocycles. The van der Waals surface area contributed by atoms with Gasteiger partial charge in [0.2, 0.25) is 0 Å². The van der Waals surface area contributed by atoms with Crippen molar-refractivity contribution in [3.63, 3.8) is 0 Å². The first kappa shape index (κ1) is 13.3. The summed E-state index contributed by atoms with van der Waals surface area (Å²) >= 11 is 0. The molecule has 1 N–H and O–H groups in total. The van der Waals surface area contributed by atoms with Crippen LogP contribution in [0.1, 0.15) is 30.5 Å². The second-order valence-corrected chi connectivity index (χ2v) is 5.70. The molecule has 4 nitrogen and oxygen atoms in total. The predicted molar refractivity (Wildman–Crippen MR) is 80.1 cm³/mol. The minimum Gasteiger partial charge on any atom is -0.317 e. The lowest BCUT2D eigenvalue weighted by molar-refractivity contribution is 0.353. The van der Waals surface area contributed by atoms with E-state index in [1.807, 2.05) is 19.1 Å². The zero-order valence-corrected chi connectivity index (χ0v) is 11.9. The molecule has 1 aliphatic rings. The lowest BCUT2D eigenvalue weighted by Gasteiger charge is -2.22. The van der Waals surface area contributed by atoms with Gasteiger partial charge >= 0.3 is 0 Å². The van der Waals surface area contributed by atoms with E-state index in [-0.39, 0.29) is 5.56 Å². The van der Waals surface area contributed by atoms with Crippen molar-refractivity contribution in [2.24, 2.45) is 5.92 Å². The summed E-state index contributed by atoms with van der Waals surface area (Å²) in [5.74, 6) is 0.772. The van der Waals surface area contributed by atoms with Gasteiger partial charge in [-0.15, -0.1) is 0 Å². The normalized spacial score (nSPS) is 16.6. The van der Waals surface area contributed by atoms with Gasteiger partial charge in [-0.25, -0.2) is 4.98 Å². The van der Waals surface area contributed by atoms with Gasteiger partial charge in [0.15, 0.2) is 0 Å². The van der Waals surface area contributed by atoms with Crippen molar-refractivity contribution in [2.45, 2.75) is 32.6 Å². The van der Waals surface area contributed by atoms with Gasteiger partial charge in [0, 0.05) is 18.0 Å². The SMILES string of the molecule is Cc1cccn2c(=O)cc(CCC3CCNCC3)nc12. The molecule has 0 radical (unpaired) electrons. The number of pyridine rings is 1. The van der Waals surface area contributed by atoms with Crippen LogP contribution in [0, 0.1) is 12.8 Å². The third-order valence-corrected chi connectivity index (χ3v) is 4.21. The molecule has 2 aromatic rings. The molecule has 1 aliphatic heterocycles. The van der Waals surface area contributed by atoms with E-state index in [9.17, 15) is 4.79 Å². The van der Waals surface area contributed by atoms with Crippen LogP contribution in [0.15, 0.2) is 29.2 Å². The van der Waals surface area contributed by atoms with Gasteiger partial charge in [0.25, 0.3) is 5.56 Å². The highest BCUT2D eigenvalue weighted by Crippen LogP contribution is 2.18. The Morgan fingerprint density at radius 2 is 2.20 bits per heavy atom. The van der Waals surface area contributed by atoms with Crippen molar-refractivity contribution in [1.29, 1.82) is 0 Å². The molecular weight excluding hydrogens is 250 g/mol. The second-order valence-electron chi connectivity index (χ2n) is 5.70. The lowest BCUT2D eigenvalue weighted by atomic mass is 9.92. The minimum absolute atomic E-state index is 0.0269. The van der Waals surface area contributed by atoms with E-state index < -0.39 is 0 Å². The molecule has 0 spiro atoms. The summed E-state index contributed by atoms with van der Waals surface area (Å²) in [6, 6.07) is 5.58. The van der Waals surface area contributed by atoms with Gasteiger partial charge in [-0.1, -0.05) is 6.07 Å². The van der Waals surface area contributed by atoms with Crippen molar-refractivity contribution in [1.82, 2.24) is 14.7 Å². The Labute approximate surface area is 118 Å². The molecular formula is C16H21N3O. The van der Waals surface area contributed by atoms with Crippen molar-refractivity contribution in [3.8, 4) is 0 Å². The molecule has 0 amide bonds. The highest BCUT2D eigenvalue weighted by atomic mass is 16.1. The van der Waals surface area contributed by atoms with Crippen LogP contribution in [0.3, 0.4) is 0 Å². The first-order valence-corrected chi connectivity index (χ1v) is 7.42. The summed E-state index contributed by atoms with van der Waals surface area (Å²) in [6.45, 7) is 4.24. The first-order chi connectivity index (χ1) is 9.74. The van der Waals surface area contributed by atoms with E-state index in [4.69, 9.17) is 0 Å². The molecule has 2 aromatic heterocycles. The van der Waals surface area contributed by atoms with Gasteiger partial charge in [-0.3, -0.25) is 9.20 Å². The Bertz CT molecular complexity index is 656. The second kappa shape index (κ2) is 5.75. The van der Waals surface area contributed by atoms with Gasteiger partial charge in [-0.05, 0) is 63.2 Å². The summed E-state index contributed by atoms with van der Waals surface area (Å²) in [4.78, 5) is 16.8. The third kappa shape index (κ3) is 2.75. The van der Waals surface area contributed by atoms with Crippen molar-refractivity contribution < 1.29 is 0 Å². The molecule has 0 bridgehead atoms. The molecule has 3 heterocycles. The molecule has 0 unspecified atom stereocenters. The zero-order chi connectivity index (χ0) is 13.9. The zero-order valence-electron chi connectivity index (χ0n) is 11.9. The number of aromatic nitrogens is 2. The first-order valence-electron chi connectivity index (χ1n) is 7.42. The van der Waals surface area contributed by atoms with Crippen LogP contribution in [-0.4, -0.2) is 22.5 Å². The number of hydrogen-bond donors (Lipinski definition) is 1. The fourth-order valence-electron chi connectivity index (χ4n) is 2.96. The van der Waals surface area contributed by atoms with Crippen molar-refractivity contribution >= 4 is 5.65 Å².